The van der Waals surface area contributed by atoms with Crippen molar-refractivity contribution in [3.05, 3.63) is 46.8 Å². The number of halogens is 1. The highest BCUT2D eigenvalue weighted by atomic mass is 35.5. The van der Waals surface area contributed by atoms with Crippen molar-refractivity contribution in [2.45, 2.75) is 13.5 Å². The summed E-state index contributed by atoms with van der Waals surface area (Å²) >= 11 is 6.05. The molecule has 0 spiro atoms. The highest BCUT2D eigenvalue weighted by molar-refractivity contribution is 6.31. The van der Waals surface area contributed by atoms with E-state index in [0.717, 1.165) is 6.54 Å². The van der Waals surface area contributed by atoms with Crippen LogP contribution in [0.15, 0.2) is 30.5 Å². The van der Waals surface area contributed by atoms with Crippen LogP contribution < -0.4 is 9.47 Å². The Hall–Kier alpha value is -2.27. The zero-order valence-corrected chi connectivity index (χ0v) is 12.1. The first-order valence-corrected chi connectivity index (χ1v) is 6.90. The monoisotopic (exact) mass is 304 g/mol. The predicted octanol–water partition coefficient (Wildman–Crippen LogP) is 3.18. The zero-order chi connectivity index (χ0) is 14.8. The normalized spacial score (nSPS) is 13.0. The average molecular weight is 305 g/mol. The van der Waals surface area contributed by atoms with E-state index in [-0.39, 0.29) is 12.6 Å². The number of aromatic nitrogens is 2. The van der Waals surface area contributed by atoms with E-state index in [1.54, 1.807) is 35.2 Å². The Morgan fingerprint density at radius 1 is 1.43 bits per heavy atom. The molecule has 2 aromatic rings. The number of hydrogen-bond donors (Lipinski definition) is 0. The topological polar surface area (TPSA) is 53.4 Å². The van der Waals surface area contributed by atoms with Crippen LogP contribution in [-0.2, 0) is 6.54 Å². The van der Waals surface area contributed by atoms with Crippen LogP contribution >= 0.6 is 11.6 Å². The van der Waals surface area contributed by atoms with Gasteiger partial charge in [0.1, 0.15) is 5.69 Å². The summed E-state index contributed by atoms with van der Waals surface area (Å²) in [5.74, 6) is 1.10. The second kappa shape index (κ2) is 5.61. The van der Waals surface area contributed by atoms with E-state index in [1.807, 2.05) is 6.92 Å². The van der Waals surface area contributed by atoms with Gasteiger partial charge in [0.2, 0.25) is 6.79 Å². The molecule has 0 saturated carbocycles. The van der Waals surface area contributed by atoms with Crippen molar-refractivity contribution < 1.29 is 14.3 Å². The fraction of sp³-hybridized carbons (Fsp3) is 0.200. The van der Waals surface area contributed by atoms with E-state index in [1.165, 1.54) is 6.08 Å². The summed E-state index contributed by atoms with van der Waals surface area (Å²) < 4.78 is 12.2. The minimum absolute atomic E-state index is 0.143. The minimum Gasteiger partial charge on any atom is -0.454 e. The maximum absolute atomic E-state index is 12.1. The Morgan fingerprint density at radius 3 is 3.00 bits per heavy atom. The van der Waals surface area contributed by atoms with Crippen molar-refractivity contribution >= 4 is 23.5 Å². The van der Waals surface area contributed by atoms with Gasteiger partial charge in [0.25, 0.3) is 0 Å². The molecule has 108 valence electrons. The fourth-order valence-corrected chi connectivity index (χ4v) is 2.20. The third-order valence-electron chi connectivity index (χ3n) is 3.12. The zero-order valence-electron chi connectivity index (χ0n) is 11.4. The highest BCUT2D eigenvalue weighted by Crippen LogP contribution is 2.32. The van der Waals surface area contributed by atoms with E-state index in [0.29, 0.717) is 27.8 Å². The molecule has 5 nitrogen and oxygen atoms in total. The molecule has 0 radical (unpaired) electrons. The van der Waals surface area contributed by atoms with E-state index in [4.69, 9.17) is 21.1 Å². The standard InChI is InChI=1S/C15H13ClN2O3/c1-2-18-8-11(16)12(17-18)4-5-13(19)10-3-6-14-15(7-10)21-9-20-14/h3-8H,2,9H2,1H3/b5-4+. The number of aryl methyl sites for hydroxylation is 1. The molecule has 6 heteroatoms. The summed E-state index contributed by atoms with van der Waals surface area (Å²) in [6.07, 6.45) is 4.79. The predicted molar refractivity (Wildman–Crippen MR) is 78.8 cm³/mol. The smallest absolute Gasteiger partial charge is 0.231 e. The molecular weight excluding hydrogens is 292 g/mol. The van der Waals surface area contributed by atoms with Crippen LogP contribution in [0.1, 0.15) is 23.0 Å². The molecule has 21 heavy (non-hydrogen) atoms. The summed E-state index contributed by atoms with van der Waals surface area (Å²) in [6, 6.07) is 5.09. The number of carbonyl (C=O) groups is 1. The van der Waals surface area contributed by atoms with E-state index in [2.05, 4.69) is 5.10 Å². The molecule has 0 bridgehead atoms. The Morgan fingerprint density at radius 2 is 2.24 bits per heavy atom. The van der Waals surface area contributed by atoms with Crippen LogP contribution in [0.3, 0.4) is 0 Å². The van der Waals surface area contributed by atoms with Gasteiger partial charge >= 0.3 is 0 Å². The molecule has 0 unspecified atom stereocenters. The number of benzene rings is 1. The van der Waals surface area contributed by atoms with Crippen LogP contribution in [-0.4, -0.2) is 22.4 Å². The molecule has 1 aliphatic heterocycles. The van der Waals surface area contributed by atoms with E-state index >= 15 is 0 Å². The molecule has 2 heterocycles. The van der Waals surface area contributed by atoms with Crippen molar-refractivity contribution in [2.24, 2.45) is 0 Å². The minimum atomic E-state index is -0.143. The molecule has 1 aromatic heterocycles. The van der Waals surface area contributed by atoms with Crippen LogP contribution in [0.25, 0.3) is 6.08 Å². The van der Waals surface area contributed by atoms with Crippen molar-refractivity contribution in [2.75, 3.05) is 6.79 Å². The fourth-order valence-electron chi connectivity index (χ4n) is 1.99. The molecule has 1 aliphatic rings. The first-order valence-electron chi connectivity index (χ1n) is 6.52. The number of rotatable bonds is 4. The third kappa shape index (κ3) is 2.78. The number of ether oxygens (including phenoxy) is 2. The van der Waals surface area contributed by atoms with Crippen molar-refractivity contribution in [1.29, 1.82) is 0 Å². The van der Waals surface area contributed by atoms with Gasteiger partial charge < -0.3 is 9.47 Å². The molecule has 0 amide bonds. The number of nitrogens with zero attached hydrogens (tertiary/aromatic N) is 2. The lowest BCUT2D eigenvalue weighted by atomic mass is 10.1. The van der Waals surface area contributed by atoms with Gasteiger partial charge in [0.05, 0.1) is 5.02 Å². The summed E-state index contributed by atoms with van der Waals surface area (Å²) in [7, 11) is 0. The number of ketones is 1. The maximum Gasteiger partial charge on any atom is 0.231 e. The van der Waals surface area contributed by atoms with Gasteiger partial charge in [-0.05, 0) is 37.3 Å². The number of hydrogen-bond acceptors (Lipinski definition) is 4. The first kappa shape index (κ1) is 13.7. The van der Waals surface area contributed by atoms with E-state index in [9.17, 15) is 4.79 Å². The number of carbonyl (C=O) groups excluding carboxylic acids is 1. The largest absolute Gasteiger partial charge is 0.454 e. The second-order valence-electron chi connectivity index (χ2n) is 4.48. The van der Waals surface area contributed by atoms with Crippen molar-refractivity contribution in [1.82, 2.24) is 9.78 Å². The lowest BCUT2D eigenvalue weighted by Crippen LogP contribution is -1.95. The van der Waals surface area contributed by atoms with Crippen molar-refractivity contribution in [3.63, 3.8) is 0 Å². The Balaban J connectivity index is 1.79. The molecule has 0 atom stereocenters. The summed E-state index contributed by atoms with van der Waals surface area (Å²) in [5, 5.41) is 4.77. The average Bonchev–Trinajstić information content (AvgIpc) is 3.10. The van der Waals surface area contributed by atoms with Gasteiger partial charge in [-0.3, -0.25) is 9.48 Å². The lowest BCUT2D eigenvalue weighted by molar-refractivity contribution is 0.104. The van der Waals surface area contributed by atoms with Gasteiger partial charge in [-0.25, -0.2) is 0 Å². The quantitative estimate of drug-likeness (QED) is 0.643. The molecule has 0 fully saturated rings. The second-order valence-corrected chi connectivity index (χ2v) is 4.89. The molecule has 0 N–H and O–H groups in total. The van der Waals surface area contributed by atoms with Crippen LogP contribution in [0.2, 0.25) is 5.02 Å². The SMILES string of the molecule is CCn1cc(Cl)c(/C=C/C(=O)c2ccc3c(c2)OCO3)n1. The van der Waals surface area contributed by atoms with Crippen LogP contribution in [0, 0.1) is 0 Å². The number of fused-ring (bicyclic) bond motifs is 1. The molecule has 0 saturated heterocycles. The first-order chi connectivity index (χ1) is 10.2. The van der Waals surface area contributed by atoms with Gasteiger partial charge in [-0.2, -0.15) is 5.10 Å². The van der Waals surface area contributed by atoms with Crippen LogP contribution in [0.5, 0.6) is 11.5 Å². The Labute approximate surface area is 126 Å². The Bertz CT molecular complexity index is 722. The molecule has 3 rings (SSSR count). The molecular formula is C15H13ClN2O3. The lowest BCUT2D eigenvalue weighted by Gasteiger charge is -1.98. The summed E-state index contributed by atoms with van der Waals surface area (Å²) in [4.78, 5) is 12.1. The van der Waals surface area contributed by atoms with Crippen molar-refractivity contribution in [3.8, 4) is 11.5 Å². The summed E-state index contributed by atoms with van der Waals surface area (Å²) in [6.45, 7) is 2.88. The highest BCUT2D eigenvalue weighted by Gasteiger charge is 2.15. The van der Waals surface area contributed by atoms with Gasteiger partial charge in [-0.1, -0.05) is 11.6 Å². The molecule has 1 aromatic carbocycles. The van der Waals surface area contributed by atoms with Gasteiger partial charge in [0.15, 0.2) is 17.3 Å². The summed E-state index contributed by atoms with van der Waals surface area (Å²) in [5.41, 5.74) is 1.11. The third-order valence-corrected chi connectivity index (χ3v) is 3.41. The maximum atomic E-state index is 12.1. The Kier molecular flexibility index (Phi) is 3.66. The van der Waals surface area contributed by atoms with Gasteiger partial charge in [-0.15, -0.1) is 0 Å². The van der Waals surface area contributed by atoms with Crippen LogP contribution in [0.4, 0.5) is 0 Å². The molecule has 0 aliphatic carbocycles. The van der Waals surface area contributed by atoms with Gasteiger partial charge in [0, 0.05) is 18.3 Å². The van der Waals surface area contributed by atoms with E-state index < -0.39 is 0 Å². The number of allylic oxidation sites excluding steroid dienone is 1.